The summed E-state index contributed by atoms with van der Waals surface area (Å²) in [7, 11) is 1.73. The van der Waals surface area contributed by atoms with Crippen LogP contribution in [0.3, 0.4) is 0 Å². The number of aryl methyl sites for hydroxylation is 1. The summed E-state index contributed by atoms with van der Waals surface area (Å²) in [5, 5.41) is 9.08. The quantitative estimate of drug-likeness (QED) is 0.858. The fourth-order valence-electron chi connectivity index (χ4n) is 4.79. The molecule has 1 fully saturated rings. The molecule has 3 rings (SSSR count). The van der Waals surface area contributed by atoms with E-state index >= 15 is 0 Å². The Morgan fingerprint density at radius 2 is 1.96 bits per heavy atom. The lowest BCUT2D eigenvalue weighted by Gasteiger charge is -2.38. The molecule has 2 atom stereocenters. The Morgan fingerprint density at radius 3 is 2.59 bits per heavy atom. The minimum Gasteiger partial charge on any atom is -0.496 e. The Kier molecular flexibility index (Phi) is 6.43. The van der Waals surface area contributed by atoms with E-state index in [1.165, 1.54) is 22.3 Å². The molecule has 1 aromatic carbocycles. The van der Waals surface area contributed by atoms with Crippen molar-refractivity contribution >= 4 is 5.91 Å². The fraction of sp³-hybridized carbons (Fsp3) is 0.682. The summed E-state index contributed by atoms with van der Waals surface area (Å²) in [4.78, 5) is 17.3. The normalized spacial score (nSPS) is 21.7. The molecule has 1 heterocycles. The number of aliphatic hydroxyl groups excluding tert-OH is 1. The first-order chi connectivity index (χ1) is 13.0. The summed E-state index contributed by atoms with van der Waals surface area (Å²) in [5.74, 6) is 1.70. The molecule has 0 radical (unpaired) electrons. The number of hydrogen-bond acceptors (Lipinski definition) is 4. The number of benzene rings is 1. The minimum absolute atomic E-state index is 0.0495. The number of hydrogen-bond donors (Lipinski definition) is 1. The maximum Gasteiger partial charge on any atom is 0.225 e. The molecule has 27 heavy (non-hydrogen) atoms. The van der Waals surface area contributed by atoms with Gasteiger partial charge in [-0.2, -0.15) is 0 Å². The number of carbonyl (C=O) groups is 1. The van der Waals surface area contributed by atoms with Crippen molar-refractivity contribution in [2.45, 2.75) is 40.0 Å². The van der Waals surface area contributed by atoms with Crippen LogP contribution in [0.4, 0.5) is 0 Å². The fourth-order valence-corrected chi connectivity index (χ4v) is 4.79. The van der Waals surface area contributed by atoms with Crippen LogP contribution in [0, 0.1) is 25.7 Å². The van der Waals surface area contributed by atoms with Crippen LogP contribution >= 0.6 is 0 Å². The van der Waals surface area contributed by atoms with Crippen molar-refractivity contribution in [3.63, 3.8) is 0 Å². The number of aliphatic hydroxyl groups is 1. The van der Waals surface area contributed by atoms with Gasteiger partial charge in [0.2, 0.25) is 5.91 Å². The van der Waals surface area contributed by atoms with E-state index < -0.39 is 0 Å². The van der Waals surface area contributed by atoms with Gasteiger partial charge in [-0.15, -0.1) is 0 Å². The molecular formula is C22H34N2O3. The molecule has 1 aliphatic heterocycles. The lowest BCUT2D eigenvalue weighted by atomic mass is 9.74. The van der Waals surface area contributed by atoms with Crippen molar-refractivity contribution in [3.05, 3.63) is 28.3 Å². The van der Waals surface area contributed by atoms with E-state index in [0.29, 0.717) is 18.4 Å². The van der Waals surface area contributed by atoms with Gasteiger partial charge in [0.05, 0.1) is 13.7 Å². The zero-order valence-corrected chi connectivity index (χ0v) is 17.3. The average Bonchev–Trinajstić information content (AvgIpc) is 2.70. The number of methoxy groups -OCH3 is 1. The highest BCUT2D eigenvalue weighted by molar-refractivity contribution is 5.79. The van der Waals surface area contributed by atoms with E-state index in [4.69, 9.17) is 9.84 Å². The molecule has 5 nitrogen and oxygen atoms in total. The summed E-state index contributed by atoms with van der Waals surface area (Å²) in [6.07, 6.45) is 3.10. The number of carbonyl (C=O) groups excluding carboxylic acids is 1. The molecule has 2 unspecified atom stereocenters. The summed E-state index contributed by atoms with van der Waals surface area (Å²) >= 11 is 0. The molecule has 1 amide bonds. The SMILES string of the molecule is COc1cc(C)c2c(c1C)CC(C(C)C(=O)N1CCN(CCO)CC1)CC2. The van der Waals surface area contributed by atoms with Crippen molar-refractivity contribution in [1.29, 1.82) is 0 Å². The van der Waals surface area contributed by atoms with Crippen LogP contribution in [0.1, 0.15) is 35.6 Å². The topological polar surface area (TPSA) is 53.0 Å². The number of nitrogens with zero attached hydrogens (tertiary/aromatic N) is 2. The Labute approximate surface area is 163 Å². The van der Waals surface area contributed by atoms with Crippen LogP contribution < -0.4 is 4.74 Å². The van der Waals surface area contributed by atoms with Gasteiger partial charge in [-0.3, -0.25) is 9.69 Å². The first-order valence-electron chi connectivity index (χ1n) is 10.2. The molecule has 1 aromatic rings. The predicted molar refractivity (Wildman–Crippen MR) is 107 cm³/mol. The molecule has 2 aliphatic rings. The van der Waals surface area contributed by atoms with E-state index in [0.717, 1.165) is 51.2 Å². The van der Waals surface area contributed by atoms with E-state index in [-0.39, 0.29) is 12.5 Å². The summed E-state index contributed by atoms with van der Waals surface area (Å²) in [6, 6.07) is 2.15. The van der Waals surface area contributed by atoms with Gasteiger partial charge in [-0.05, 0) is 67.3 Å². The number of β-amino-alcohol motifs (C(OH)–C–C–N with tert-alkyl or cyclic N) is 1. The standard InChI is InChI=1S/C22H34N2O3/c1-15-13-21(27-4)17(3)20-14-18(5-6-19(15)20)16(2)22(26)24-9-7-23(8-10-24)11-12-25/h13,16,18,25H,5-12,14H2,1-4H3. The second-order valence-corrected chi connectivity index (χ2v) is 8.16. The number of amides is 1. The third-order valence-corrected chi connectivity index (χ3v) is 6.66. The molecule has 0 aromatic heterocycles. The van der Waals surface area contributed by atoms with Gasteiger partial charge in [0.15, 0.2) is 0 Å². The number of fused-ring (bicyclic) bond motifs is 1. The smallest absolute Gasteiger partial charge is 0.225 e. The van der Waals surface area contributed by atoms with Gasteiger partial charge in [0.1, 0.15) is 5.75 Å². The molecule has 150 valence electrons. The van der Waals surface area contributed by atoms with Crippen LogP contribution in [0.5, 0.6) is 5.75 Å². The van der Waals surface area contributed by atoms with E-state index in [2.05, 4.69) is 31.7 Å². The van der Waals surface area contributed by atoms with E-state index in [9.17, 15) is 4.79 Å². The molecule has 0 bridgehead atoms. The highest BCUT2D eigenvalue weighted by atomic mass is 16.5. The maximum atomic E-state index is 13.1. The van der Waals surface area contributed by atoms with Crippen LogP contribution in [0.25, 0.3) is 0 Å². The van der Waals surface area contributed by atoms with Crippen LogP contribution in [0.15, 0.2) is 6.07 Å². The monoisotopic (exact) mass is 374 g/mol. The molecule has 1 saturated heterocycles. The first-order valence-corrected chi connectivity index (χ1v) is 10.2. The number of ether oxygens (including phenoxy) is 1. The molecule has 0 spiro atoms. The lowest BCUT2D eigenvalue weighted by Crippen LogP contribution is -2.51. The van der Waals surface area contributed by atoms with E-state index in [1.807, 2.05) is 4.90 Å². The predicted octanol–water partition coefficient (Wildman–Crippen LogP) is 2.19. The largest absolute Gasteiger partial charge is 0.496 e. The third-order valence-electron chi connectivity index (χ3n) is 6.66. The summed E-state index contributed by atoms with van der Waals surface area (Å²) in [6.45, 7) is 10.6. The van der Waals surface area contributed by atoms with Crippen molar-refractivity contribution in [2.75, 3.05) is 46.4 Å². The third kappa shape index (κ3) is 4.14. The Hall–Kier alpha value is -1.59. The second kappa shape index (κ2) is 8.61. The zero-order valence-electron chi connectivity index (χ0n) is 17.3. The number of rotatable bonds is 5. The molecular weight excluding hydrogens is 340 g/mol. The summed E-state index contributed by atoms with van der Waals surface area (Å²) in [5.41, 5.74) is 5.40. The molecule has 0 saturated carbocycles. The van der Waals surface area contributed by atoms with Gasteiger partial charge >= 0.3 is 0 Å². The zero-order chi connectivity index (χ0) is 19.6. The van der Waals surface area contributed by atoms with Gasteiger partial charge in [-0.1, -0.05) is 6.92 Å². The van der Waals surface area contributed by atoms with Crippen molar-refractivity contribution in [3.8, 4) is 5.75 Å². The average molecular weight is 375 g/mol. The Bertz CT molecular complexity index is 681. The van der Waals surface area contributed by atoms with Crippen LogP contribution in [-0.4, -0.2) is 67.3 Å². The maximum absolute atomic E-state index is 13.1. The molecule has 1 aliphatic carbocycles. The van der Waals surface area contributed by atoms with Crippen LogP contribution in [0.2, 0.25) is 0 Å². The summed E-state index contributed by atoms with van der Waals surface area (Å²) < 4.78 is 5.56. The highest BCUT2D eigenvalue weighted by Gasteiger charge is 2.33. The van der Waals surface area contributed by atoms with E-state index in [1.54, 1.807) is 7.11 Å². The van der Waals surface area contributed by atoms with Crippen molar-refractivity contribution in [1.82, 2.24) is 9.80 Å². The number of piperazine rings is 1. The Balaban J connectivity index is 1.68. The van der Waals surface area contributed by atoms with Gasteiger partial charge in [0.25, 0.3) is 0 Å². The lowest BCUT2D eigenvalue weighted by molar-refractivity contribution is -0.138. The molecule has 5 heteroatoms. The molecule has 1 N–H and O–H groups in total. The second-order valence-electron chi connectivity index (χ2n) is 8.16. The minimum atomic E-state index is 0.0495. The highest BCUT2D eigenvalue weighted by Crippen LogP contribution is 2.38. The Morgan fingerprint density at radius 1 is 1.26 bits per heavy atom. The van der Waals surface area contributed by atoms with Gasteiger partial charge in [0, 0.05) is 38.6 Å². The van der Waals surface area contributed by atoms with Crippen molar-refractivity contribution in [2.24, 2.45) is 11.8 Å². The van der Waals surface area contributed by atoms with Gasteiger partial charge in [-0.25, -0.2) is 0 Å². The van der Waals surface area contributed by atoms with Crippen molar-refractivity contribution < 1.29 is 14.6 Å². The van der Waals surface area contributed by atoms with Crippen LogP contribution in [-0.2, 0) is 17.6 Å². The first kappa shape index (κ1) is 20.2. The van der Waals surface area contributed by atoms with Gasteiger partial charge < -0.3 is 14.7 Å².